The van der Waals surface area contributed by atoms with Gasteiger partial charge in [-0.3, -0.25) is 23.3 Å². The van der Waals surface area contributed by atoms with Gasteiger partial charge in [0.25, 0.3) is 0 Å². The molecular formula is C63H76BrCl4F4N12O3PS. The van der Waals surface area contributed by atoms with Gasteiger partial charge in [0.05, 0.1) is 62.0 Å². The van der Waals surface area contributed by atoms with Crippen molar-refractivity contribution in [1.82, 2.24) is 35.0 Å². The van der Waals surface area contributed by atoms with Crippen LogP contribution in [0.5, 0.6) is 0 Å². The van der Waals surface area contributed by atoms with Gasteiger partial charge in [0.1, 0.15) is 34.9 Å². The summed E-state index contributed by atoms with van der Waals surface area (Å²) in [7, 11) is 0. The number of fused-ring (bicyclic) bond motifs is 8. The Morgan fingerprint density at radius 3 is 1.45 bits per heavy atom. The van der Waals surface area contributed by atoms with Gasteiger partial charge in [0.15, 0.2) is 11.6 Å². The molecule has 4 aliphatic carbocycles. The smallest absolute Gasteiger partial charge is 0.339 e. The van der Waals surface area contributed by atoms with Crippen molar-refractivity contribution in [2.24, 2.45) is 16.9 Å². The minimum atomic E-state index is -3.22. The van der Waals surface area contributed by atoms with E-state index in [4.69, 9.17) is 23.8 Å². The number of hydrogen-bond donors (Lipinski definition) is 5. The summed E-state index contributed by atoms with van der Waals surface area (Å²) in [5, 5.41) is 31.4. The van der Waals surface area contributed by atoms with Gasteiger partial charge in [-0.15, -0.1) is 20.4 Å². The van der Waals surface area contributed by atoms with Crippen LogP contribution in [0.4, 0.5) is 40.3 Å². The van der Waals surface area contributed by atoms with Crippen LogP contribution in [0, 0.1) is 62.8 Å². The zero-order valence-corrected chi connectivity index (χ0v) is 57.4. The first-order chi connectivity index (χ1) is 41.0. The first-order valence-electron chi connectivity index (χ1n) is 29.2. The molecule has 1 amide bonds. The molecule has 14 rings (SSSR count). The molecule has 2 aromatic heterocycles. The van der Waals surface area contributed by atoms with Gasteiger partial charge in [-0.25, -0.2) is 23.0 Å². The predicted molar refractivity (Wildman–Crippen MR) is 359 cm³/mol. The molecule has 89 heavy (non-hydrogen) atoms. The third-order valence-electron chi connectivity index (χ3n) is 16.6. The van der Waals surface area contributed by atoms with Crippen LogP contribution < -0.4 is 26.7 Å². The second-order valence-electron chi connectivity index (χ2n) is 25.8. The molecule has 0 unspecified atom stereocenters. The minimum Gasteiger partial charge on any atom is -0.373 e. The van der Waals surface area contributed by atoms with E-state index in [1.165, 1.54) is 24.3 Å². The van der Waals surface area contributed by atoms with E-state index in [9.17, 15) is 31.7 Å². The Balaban J connectivity index is 0.000000145. The van der Waals surface area contributed by atoms with Gasteiger partial charge < -0.3 is 21.3 Å². The first-order valence-corrected chi connectivity index (χ1v) is 35.2. The maximum atomic E-state index is 14.5. The average Bonchev–Trinajstić information content (AvgIpc) is 1.23. The number of benzene rings is 4. The Hall–Kier alpha value is -5.15. The molecule has 0 saturated heterocycles. The Bertz CT molecular complexity index is 3850. The van der Waals surface area contributed by atoms with Crippen molar-refractivity contribution in [2.75, 3.05) is 21.3 Å². The van der Waals surface area contributed by atoms with Gasteiger partial charge >= 0.3 is 5.20 Å². The standard InChI is InChI=1S/C16H20FN3O.C15H16BrFN4.C15H17FN4.C12H14FNS.C4H5ClO.CH4.Cl3OP/c1-9-4-7-12(17)14-11(9)8-13(16(2,3)18-14)19-20-15(21)10-5-6-10;1-7-9(16)6-10(17)11-12(7)21-13(8-4-5-8)19-20-14(21)15(2,3)18-11;1-8-4-7-10(16)11-12(8)20-13(9-5-6-9)18-19-14(20)15(2,3)17-11;1-7-4-5-9(13)11-8(7)6-10(15)12(2,3)14-11;5-4(6)3-1-2-3;;1-5(2,3)4/h4,7,10,18H,5-6,8H2,1-3H3,(H,20,21);6,8,18H,4-5H2,1-3H3;4,7,9,17H,5-6H2,1-3H3;4-5,14H,6H2,1-3H3;3H,1-2H2;1H4;/b19-13-;;;;;;. The molecule has 0 radical (unpaired) electrons. The van der Waals surface area contributed by atoms with Crippen LogP contribution in [0.3, 0.4) is 0 Å². The van der Waals surface area contributed by atoms with Crippen LogP contribution in [0.2, 0.25) is 0 Å². The molecule has 8 aliphatic rings. The summed E-state index contributed by atoms with van der Waals surface area (Å²) in [5.74, 6) is 4.00. The summed E-state index contributed by atoms with van der Waals surface area (Å²) in [4.78, 5) is 22.6. The topological polar surface area (TPSA) is 185 Å². The number of halogens is 9. The number of hydrazone groups is 1. The molecule has 6 heterocycles. The zero-order valence-electron chi connectivity index (χ0n) is 51.0. The molecule has 0 bridgehead atoms. The molecular weight excluding hydrogens is 1330 g/mol. The lowest BCUT2D eigenvalue weighted by atomic mass is 9.85. The van der Waals surface area contributed by atoms with Crippen LogP contribution in [-0.2, 0) is 38.1 Å². The highest BCUT2D eigenvalue weighted by atomic mass is 79.9. The van der Waals surface area contributed by atoms with E-state index in [0.29, 0.717) is 47.4 Å². The predicted octanol–water partition coefficient (Wildman–Crippen LogP) is 17.9. The Morgan fingerprint density at radius 2 is 1.01 bits per heavy atom. The SMILES string of the molecule is C.Cc1c(Br)cc(F)c2c1-n1c(C3CC3)nnc1C(C)(C)N2.Cc1ccc(F)c2c1-n1c(C3CC3)nnc1C(C)(C)N2.Cc1ccc(F)c2c1C/C(=N/NC(=O)C1CC1)C(C)(C)N2.Cc1ccc(F)c2c1CC(=S)C(C)(C)N2.O=C(Cl)C1CC1.O=P(Cl)(Cl)Cl. The number of aromatic nitrogens is 6. The molecule has 0 atom stereocenters. The zero-order chi connectivity index (χ0) is 64.5. The van der Waals surface area contributed by atoms with Gasteiger partial charge in [0, 0.05) is 45.9 Å². The van der Waals surface area contributed by atoms with E-state index in [-0.39, 0.29) is 59.2 Å². The van der Waals surface area contributed by atoms with E-state index in [1.54, 1.807) is 12.1 Å². The van der Waals surface area contributed by atoms with Crippen molar-refractivity contribution < 1.29 is 31.7 Å². The maximum Gasteiger partial charge on any atom is 0.339 e. The number of carbonyl (C=O) groups excluding carboxylic acids is 2. The van der Waals surface area contributed by atoms with E-state index in [2.05, 4.69) is 111 Å². The number of hydrogen-bond acceptors (Lipinski definition) is 13. The lowest BCUT2D eigenvalue weighted by Gasteiger charge is -2.36. The molecule has 0 spiro atoms. The highest BCUT2D eigenvalue weighted by Gasteiger charge is 2.43. The first kappa shape index (κ1) is 69.7. The molecule has 4 aliphatic heterocycles. The van der Waals surface area contributed by atoms with Crippen LogP contribution in [0.1, 0.15) is 183 Å². The van der Waals surface area contributed by atoms with Crippen molar-refractivity contribution in [3.05, 3.63) is 127 Å². The van der Waals surface area contributed by atoms with Crippen molar-refractivity contribution in [1.29, 1.82) is 0 Å². The second-order valence-corrected chi connectivity index (χ2v) is 34.1. The Kier molecular flexibility index (Phi) is 20.7. The van der Waals surface area contributed by atoms with Crippen molar-refractivity contribution in [3.63, 3.8) is 0 Å². The summed E-state index contributed by atoms with van der Waals surface area (Å²) in [6.07, 6.45) is 9.73. The third kappa shape index (κ3) is 15.8. The van der Waals surface area contributed by atoms with E-state index in [0.717, 1.165) is 134 Å². The number of anilines is 4. The molecule has 15 nitrogen and oxygen atoms in total. The number of carbonyl (C=O) groups is 2. The van der Waals surface area contributed by atoms with Crippen molar-refractivity contribution in [3.8, 4) is 11.4 Å². The lowest BCUT2D eigenvalue weighted by Crippen LogP contribution is -2.46. The van der Waals surface area contributed by atoms with Crippen molar-refractivity contribution in [2.45, 2.75) is 189 Å². The van der Waals surface area contributed by atoms with E-state index in [1.807, 2.05) is 89.2 Å². The molecule has 4 aromatic carbocycles. The molecule has 4 fully saturated rings. The van der Waals surface area contributed by atoms with Gasteiger partial charge in [0.2, 0.25) is 11.1 Å². The van der Waals surface area contributed by atoms with Gasteiger partial charge in [-0.05, 0) is 237 Å². The van der Waals surface area contributed by atoms with Gasteiger partial charge in [-0.2, -0.15) is 5.10 Å². The van der Waals surface area contributed by atoms with E-state index >= 15 is 0 Å². The van der Waals surface area contributed by atoms with Crippen LogP contribution in [0.15, 0.2) is 52.0 Å². The molecule has 5 N–H and O–H groups in total. The monoisotopic (exact) mass is 1410 g/mol. The summed E-state index contributed by atoms with van der Waals surface area (Å²) >= 11 is 27.7. The quantitative estimate of drug-likeness (QED) is 0.0362. The molecule has 26 heteroatoms. The summed E-state index contributed by atoms with van der Waals surface area (Å²) in [6.45, 7) is 23.8. The number of amides is 1. The summed E-state index contributed by atoms with van der Waals surface area (Å²) < 4.78 is 70.7. The number of rotatable bonds is 5. The van der Waals surface area contributed by atoms with E-state index < -0.39 is 21.8 Å². The fraction of sp³-hybridized carbons (Fsp3) is 0.492. The number of thiocarbonyl (C=S) groups is 1. The number of nitrogens with zero attached hydrogens (tertiary/aromatic N) is 7. The molecule has 4 saturated carbocycles. The van der Waals surface area contributed by atoms with Gasteiger partial charge in [-0.1, -0.05) is 53.8 Å². The maximum absolute atomic E-state index is 14.5. The highest BCUT2D eigenvalue weighted by Crippen LogP contribution is 2.61. The number of nitrogens with one attached hydrogen (secondary N) is 5. The summed E-state index contributed by atoms with van der Waals surface area (Å²) in [6, 6.07) is 11.4. The fourth-order valence-corrected chi connectivity index (χ4v) is 11.5. The number of aryl methyl sites for hydroxylation is 3. The minimum absolute atomic E-state index is 0. The van der Waals surface area contributed by atoms with Crippen LogP contribution in [0.25, 0.3) is 11.4 Å². The molecule has 6 aromatic rings. The van der Waals surface area contributed by atoms with Crippen LogP contribution in [-0.4, -0.2) is 62.3 Å². The largest absolute Gasteiger partial charge is 0.373 e. The second kappa shape index (κ2) is 26.5. The van der Waals surface area contributed by atoms with Crippen molar-refractivity contribution >= 4 is 123 Å². The Labute approximate surface area is 551 Å². The van der Waals surface area contributed by atoms with Crippen LogP contribution >= 0.6 is 78.7 Å². The highest BCUT2D eigenvalue weighted by molar-refractivity contribution is 9.10. The third-order valence-corrected chi connectivity index (χ3v) is 18.4. The Morgan fingerprint density at radius 1 is 0.607 bits per heavy atom. The lowest BCUT2D eigenvalue weighted by molar-refractivity contribution is -0.122. The fourth-order valence-electron chi connectivity index (χ4n) is 10.7. The molecule has 480 valence electrons. The normalized spacial score (nSPS) is 19.0. The average molecular weight is 1410 g/mol. The summed E-state index contributed by atoms with van der Waals surface area (Å²) in [5.41, 5.74) is 11.8.